The summed E-state index contributed by atoms with van der Waals surface area (Å²) in [4.78, 5) is 134. The van der Waals surface area contributed by atoms with Crippen molar-refractivity contribution in [2.24, 2.45) is 34.3 Å². The van der Waals surface area contributed by atoms with Crippen LogP contribution >= 0.6 is 11.3 Å². The summed E-state index contributed by atoms with van der Waals surface area (Å²) in [5.41, 5.74) is 6.53. The first-order chi connectivity index (χ1) is 32.1. The SMILES string of the molecule is CC(=O)C(C)(C)CC(=O)C(C)(C)CC(=O)C(C)(C)NC(=O)[C@@H](C)Cc1cnc[nH]1.CC[C@@H](CCCCNC(=O)COCCONC(=O)CC1CCc2c(sc(CC(=O)C(C)=O)c2C(=O)O)C1)C(N)=O.[HH].[HH].[HH]. The minimum atomic E-state index is -1.12. The summed E-state index contributed by atoms with van der Waals surface area (Å²) in [5, 5.41) is 15.2. The van der Waals surface area contributed by atoms with Gasteiger partial charge >= 0.3 is 5.97 Å². The van der Waals surface area contributed by atoms with Crippen LogP contribution in [0, 0.1) is 28.6 Å². The number of rotatable bonds is 30. The number of amides is 4. The normalized spacial score (nSPS) is 14.5. The zero-order valence-corrected chi connectivity index (χ0v) is 42.8. The van der Waals surface area contributed by atoms with E-state index in [0.717, 1.165) is 30.3 Å². The van der Waals surface area contributed by atoms with Gasteiger partial charge in [-0.2, -0.15) is 0 Å². The maximum Gasteiger partial charge on any atom is 0.337 e. The first kappa shape index (κ1) is 59.7. The Bertz CT molecular complexity index is 2160. The van der Waals surface area contributed by atoms with Crippen LogP contribution in [0.25, 0.3) is 0 Å². The van der Waals surface area contributed by atoms with Gasteiger partial charge in [-0.1, -0.05) is 48.0 Å². The van der Waals surface area contributed by atoms with Gasteiger partial charge in [0.05, 0.1) is 30.6 Å². The molecule has 7 N–H and O–H groups in total. The van der Waals surface area contributed by atoms with E-state index in [2.05, 4.69) is 26.1 Å². The van der Waals surface area contributed by atoms with E-state index in [9.17, 15) is 53.1 Å². The highest BCUT2D eigenvalue weighted by atomic mass is 32.1. The zero-order chi connectivity index (χ0) is 52.3. The van der Waals surface area contributed by atoms with Crippen molar-refractivity contribution in [3.63, 3.8) is 0 Å². The second-order valence-corrected chi connectivity index (χ2v) is 20.9. The minimum Gasteiger partial charge on any atom is -0.478 e. The van der Waals surface area contributed by atoms with Crippen molar-refractivity contribution < 1.29 is 66.9 Å². The summed E-state index contributed by atoms with van der Waals surface area (Å²) in [6, 6.07) is 0. The number of ketones is 5. The van der Waals surface area contributed by atoms with E-state index in [0.29, 0.717) is 55.5 Å². The number of ether oxygens (including phenoxy) is 1. The number of aromatic nitrogens is 2. The Balaban J connectivity index is 0. The molecule has 390 valence electrons. The van der Waals surface area contributed by atoms with E-state index in [4.69, 9.17) is 15.3 Å². The second-order valence-electron chi connectivity index (χ2n) is 19.7. The number of hydrogen-bond acceptors (Lipinski definition) is 14. The maximum absolute atomic E-state index is 12.9. The Morgan fingerprint density at radius 1 is 0.957 bits per heavy atom. The van der Waals surface area contributed by atoms with Crippen LogP contribution in [0.15, 0.2) is 12.5 Å². The number of primary amides is 1. The molecule has 1 aliphatic carbocycles. The summed E-state index contributed by atoms with van der Waals surface area (Å²) in [6.07, 6.45) is 8.26. The van der Waals surface area contributed by atoms with Crippen LogP contribution in [-0.4, -0.2) is 105 Å². The molecule has 3 rings (SSSR count). The number of carboxylic acid groups (broad SMARTS) is 1. The summed E-state index contributed by atoms with van der Waals surface area (Å²) in [5.74, 6) is -4.39. The maximum atomic E-state index is 12.9. The van der Waals surface area contributed by atoms with Crippen LogP contribution in [0.5, 0.6) is 0 Å². The monoisotopic (exact) mass is 993 g/mol. The van der Waals surface area contributed by atoms with Crippen LogP contribution in [0.4, 0.5) is 0 Å². The number of carbonyl (C=O) groups is 10. The number of hydroxylamine groups is 1. The fourth-order valence-electron chi connectivity index (χ4n) is 7.38. The van der Waals surface area contributed by atoms with E-state index < -0.39 is 33.9 Å². The molecule has 0 fully saturated rings. The lowest BCUT2D eigenvalue weighted by atomic mass is 9.72. The van der Waals surface area contributed by atoms with Gasteiger partial charge < -0.3 is 31.2 Å². The first-order valence-electron chi connectivity index (χ1n) is 23.4. The van der Waals surface area contributed by atoms with Crippen LogP contribution in [0.1, 0.15) is 156 Å². The Morgan fingerprint density at radius 2 is 1.62 bits per heavy atom. The average Bonchev–Trinajstić information content (AvgIpc) is 3.90. The number of H-pyrrole nitrogens is 1. The number of nitrogens with one attached hydrogen (secondary N) is 4. The molecule has 69 heavy (non-hydrogen) atoms. The predicted molar refractivity (Wildman–Crippen MR) is 263 cm³/mol. The van der Waals surface area contributed by atoms with Gasteiger partial charge in [0.15, 0.2) is 11.6 Å². The topological polar surface area (TPSA) is 300 Å². The number of fused-ring (bicyclic) bond motifs is 1. The van der Waals surface area contributed by atoms with Gasteiger partial charge in [0, 0.05) is 94.2 Å². The molecule has 0 aliphatic heterocycles. The van der Waals surface area contributed by atoms with Crippen LogP contribution in [0.2, 0.25) is 0 Å². The van der Waals surface area contributed by atoms with E-state index in [1.165, 1.54) is 18.3 Å². The number of aromatic amines is 1. The third-order valence-electron chi connectivity index (χ3n) is 12.4. The summed E-state index contributed by atoms with van der Waals surface area (Å²) in [6.45, 7) is 17.0. The highest BCUT2D eigenvalue weighted by Crippen LogP contribution is 2.38. The summed E-state index contributed by atoms with van der Waals surface area (Å²) < 4.78 is 5.24. The highest BCUT2D eigenvalue weighted by Gasteiger charge is 2.40. The molecule has 20 heteroatoms. The molecular weight excluding hydrogens is 913 g/mol. The summed E-state index contributed by atoms with van der Waals surface area (Å²) >= 11 is 1.22. The molecule has 0 bridgehead atoms. The largest absolute Gasteiger partial charge is 0.478 e. The molecule has 0 aromatic carbocycles. The van der Waals surface area contributed by atoms with Gasteiger partial charge in [0.25, 0.3) is 0 Å². The number of nitrogens with two attached hydrogens (primary N) is 1. The molecule has 2 aromatic heterocycles. The van der Waals surface area contributed by atoms with Crippen molar-refractivity contribution in [2.75, 3.05) is 26.4 Å². The average molecular weight is 993 g/mol. The zero-order valence-electron chi connectivity index (χ0n) is 42.0. The molecular formula is C49H80N6O13S. The number of aromatic carboxylic acids is 1. The molecule has 2 heterocycles. The van der Waals surface area contributed by atoms with Gasteiger partial charge in [0.2, 0.25) is 29.4 Å². The number of hydrogen-bond donors (Lipinski definition) is 6. The number of unbranched alkanes of at least 4 members (excludes halogenated alkanes) is 1. The third kappa shape index (κ3) is 20.2. The van der Waals surface area contributed by atoms with Gasteiger partial charge in [-0.05, 0) is 70.8 Å². The molecule has 1 unspecified atom stereocenters. The predicted octanol–water partition coefficient (Wildman–Crippen LogP) is 5.29. The Hall–Kier alpha value is -5.47. The molecule has 0 saturated carbocycles. The summed E-state index contributed by atoms with van der Waals surface area (Å²) in [7, 11) is 0. The van der Waals surface area contributed by atoms with Crippen molar-refractivity contribution in [2.45, 2.75) is 152 Å². The minimum absolute atomic E-state index is 0. The molecule has 2 aromatic rings. The highest BCUT2D eigenvalue weighted by molar-refractivity contribution is 7.12. The second kappa shape index (κ2) is 27.7. The molecule has 3 atom stereocenters. The number of carbonyl (C=O) groups excluding carboxylic acids is 9. The van der Waals surface area contributed by atoms with Gasteiger partial charge in [-0.25, -0.2) is 15.3 Å². The number of Topliss-reactive ketones (excluding diaryl/α,β-unsaturated/α-hetero) is 5. The molecule has 19 nitrogen and oxygen atoms in total. The van der Waals surface area contributed by atoms with E-state index in [1.54, 1.807) is 61.0 Å². The van der Waals surface area contributed by atoms with Gasteiger partial charge in [-0.15, -0.1) is 11.3 Å². The molecule has 0 radical (unpaired) electrons. The third-order valence-corrected chi connectivity index (χ3v) is 13.6. The van der Waals surface area contributed by atoms with Gasteiger partial charge in [-0.3, -0.25) is 48.0 Å². The number of imidazole rings is 1. The quantitative estimate of drug-likeness (QED) is 0.0330. The number of carboxylic acids is 1. The van der Waals surface area contributed by atoms with E-state index in [-0.39, 0.29) is 114 Å². The molecule has 0 spiro atoms. The fourth-order valence-corrected chi connectivity index (χ4v) is 8.84. The molecule has 4 amide bonds. The standard InChI is InChI=1S/C27H39N3O9S.C22H35N3O4.3H2/c1-3-18(26(28)35)6-4-5-9-29-24(34)15-38-10-11-39-30-23(33)13-17-7-8-19-21(12-17)40-22(25(19)27(36)37)14-20(32)16(2)31;1-14(9-16-12-23-13-24-16)19(29)25-22(7,8)18(28)11-21(5,6)17(27)10-20(3,4)15(2)26;;;/h17-18H,3-15H2,1-2H3,(H2,28,35)(H,29,34)(H,30,33)(H,36,37);12-14H,9-11H2,1-8H3,(H,23,24)(H,25,29);3*1H/t17?,18-;14-;;;/m00.../s1. The smallest absolute Gasteiger partial charge is 0.337 e. The van der Waals surface area contributed by atoms with Crippen molar-refractivity contribution in [3.8, 4) is 0 Å². The molecule has 1 aliphatic rings. The van der Waals surface area contributed by atoms with Crippen molar-refractivity contribution in [1.82, 2.24) is 26.1 Å². The van der Waals surface area contributed by atoms with E-state index >= 15 is 0 Å². The van der Waals surface area contributed by atoms with Crippen molar-refractivity contribution in [1.29, 1.82) is 0 Å². The Kier molecular flexibility index (Phi) is 23.9. The lowest BCUT2D eigenvalue weighted by molar-refractivity contribution is -0.139. The molecule has 0 saturated heterocycles. The Morgan fingerprint density at radius 3 is 2.20 bits per heavy atom. The van der Waals surface area contributed by atoms with E-state index in [1.807, 2.05) is 6.92 Å². The number of thiophene rings is 1. The first-order valence-corrected chi connectivity index (χ1v) is 24.2. The van der Waals surface area contributed by atoms with Crippen molar-refractivity contribution >= 4 is 69.9 Å². The fraction of sp³-hybridized carbons (Fsp3) is 0.653. The van der Waals surface area contributed by atoms with Crippen LogP contribution < -0.4 is 21.8 Å². The lowest BCUT2D eigenvalue weighted by Gasteiger charge is -2.32. The van der Waals surface area contributed by atoms with Crippen molar-refractivity contribution in [3.05, 3.63) is 39.1 Å². The van der Waals surface area contributed by atoms with Gasteiger partial charge in [0.1, 0.15) is 18.2 Å². The van der Waals surface area contributed by atoms with Crippen LogP contribution in [-0.2, 0) is 78.4 Å². The number of nitrogens with zero attached hydrogens (tertiary/aromatic N) is 1. The lowest BCUT2D eigenvalue weighted by Crippen LogP contribution is -2.53. The Labute approximate surface area is 413 Å². The van der Waals surface area contributed by atoms with Crippen LogP contribution in [0.3, 0.4) is 0 Å².